The fraction of sp³-hybridized carbons (Fsp3) is 0.462. The molecule has 18 heavy (non-hydrogen) atoms. The molecule has 0 bridgehead atoms. The third-order valence-corrected chi connectivity index (χ3v) is 4.53. The second-order valence-corrected chi connectivity index (χ2v) is 6.67. The van der Waals surface area contributed by atoms with Gasteiger partial charge in [0.05, 0.1) is 5.56 Å². The van der Waals surface area contributed by atoms with E-state index in [9.17, 15) is 4.79 Å². The molecule has 1 fully saturated rings. The molecular weight excluding hydrogens is 407 g/mol. The average molecular weight is 423 g/mol. The number of carbonyl (C=O) groups excluding carboxylic acids is 1. The highest BCUT2D eigenvalue weighted by molar-refractivity contribution is 14.1. The largest absolute Gasteiger partial charge is 0.337 e. The van der Waals surface area contributed by atoms with Gasteiger partial charge in [-0.1, -0.05) is 0 Å². The van der Waals surface area contributed by atoms with Crippen LogP contribution in [0.1, 0.15) is 16.8 Å². The van der Waals surface area contributed by atoms with Crippen LogP contribution in [0.25, 0.3) is 0 Å². The van der Waals surface area contributed by atoms with Crippen molar-refractivity contribution < 1.29 is 4.79 Å². The molecule has 2 rings (SSSR count). The maximum atomic E-state index is 12.5. The maximum absolute atomic E-state index is 12.5. The second kappa shape index (κ2) is 6.34. The maximum Gasteiger partial charge on any atom is 0.255 e. The Morgan fingerprint density at radius 2 is 2.06 bits per heavy atom. The van der Waals surface area contributed by atoms with Gasteiger partial charge in [-0.05, 0) is 76.7 Å². The van der Waals surface area contributed by atoms with Gasteiger partial charge in [-0.2, -0.15) is 0 Å². The van der Waals surface area contributed by atoms with Crippen LogP contribution in [0.15, 0.2) is 22.7 Å². The van der Waals surface area contributed by atoms with E-state index in [-0.39, 0.29) is 5.91 Å². The van der Waals surface area contributed by atoms with Crippen molar-refractivity contribution in [3.63, 3.8) is 0 Å². The number of likely N-dealkylation sites (N-methyl/N-ethyl adjacent to an activating group) is 1. The van der Waals surface area contributed by atoms with Crippen molar-refractivity contribution in [2.75, 3.05) is 33.2 Å². The normalized spacial score (nSPS) is 17.6. The molecule has 0 N–H and O–H groups in total. The molecular formula is C13H16BrIN2O. The lowest BCUT2D eigenvalue weighted by molar-refractivity contribution is 0.0762. The van der Waals surface area contributed by atoms with Gasteiger partial charge in [0.15, 0.2) is 0 Å². The molecule has 1 saturated heterocycles. The van der Waals surface area contributed by atoms with Gasteiger partial charge in [0.25, 0.3) is 5.91 Å². The molecule has 0 radical (unpaired) electrons. The lowest BCUT2D eigenvalue weighted by Crippen LogP contribution is -2.34. The highest BCUT2D eigenvalue weighted by Crippen LogP contribution is 2.21. The predicted octanol–water partition coefficient (Wildman–Crippen LogP) is 2.83. The average Bonchev–Trinajstić information content (AvgIpc) is 2.56. The van der Waals surface area contributed by atoms with Crippen molar-refractivity contribution in [2.45, 2.75) is 6.42 Å². The van der Waals surface area contributed by atoms with Crippen molar-refractivity contribution in [2.24, 2.45) is 0 Å². The van der Waals surface area contributed by atoms with E-state index >= 15 is 0 Å². The molecule has 1 heterocycles. The van der Waals surface area contributed by atoms with E-state index in [1.54, 1.807) is 0 Å². The minimum atomic E-state index is 0.135. The second-order valence-electron chi connectivity index (χ2n) is 4.57. The topological polar surface area (TPSA) is 23.6 Å². The van der Waals surface area contributed by atoms with Crippen LogP contribution in [0.4, 0.5) is 0 Å². The predicted molar refractivity (Wildman–Crippen MR) is 84.9 cm³/mol. The summed E-state index contributed by atoms with van der Waals surface area (Å²) in [5.41, 5.74) is 0.770. The van der Waals surface area contributed by atoms with Crippen LogP contribution in [-0.2, 0) is 0 Å². The molecule has 0 atom stereocenters. The fourth-order valence-electron chi connectivity index (χ4n) is 2.08. The third-order valence-electron chi connectivity index (χ3n) is 3.17. The Morgan fingerprint density at radius 1 is 1.28 bits per heavy atom. The first-order valence-corrected chi connectivity index (χ1v) is 7.88. The minimum Gasteiger partial charge on any atom is -0.337 e. The van der Waals surface area contributed by atoms with Crippen LogP contribution in [0.5, 0.6) is 0 Å². The van der Waals surface area contributed by atoms with Crippen LogP contribution in [-0.4, -0.2) is 48.9 Å². The Bertz CT molecular complexity index is 453. The van der Waals surface area contributed by atoms with Crippen molar-refractivity contribution in [1.29, 1.82) is 0 Å². The summed E-state index contributed by atoms with van der Waals surface area (Å²) in [4.78, 5) is 16.7. The van der Waals surface area contributed by atoms with Crippen molar-refractivity contribution in [3.05, 3.63) is 31.8 Å². The van der Waals surface area contributed by atoms with Gasteiger partial charge in [0, 0.05) is 27.7 Å². The van der Waals surface area contributed by atoms with E-state index < -0.39 is 0 Å². The number of nitrogens with zero attached hydrogens (tertiary/aromatic N) is 2. The number of rotatable bonds is 1. The van der Waals surface area contributed by atoms with Crippen molar-refractivity contribution in [1.82, 2.24) is 9.80 Å². The molecule has 0 aliphatic carbocycles. The Kier molecular flexibility index (Phi) is 5.03. The van der Waals surface area contributed by atoms with Crippen LogP contribution in [0.2, 0.25) is 0 Å². The Hall–Kier alpha value is -0.140. The molecule has 1 aromatic carbocycles. The quantitative estimate of drug-likeness (QED) is 0.649. The number of halogens is 2. The van der Waals surface area contributed by atoms with Gasteiger partial charge in [-0.3, -0.25) is 4.79 Å². The number of hydrogen-bond acceptors (Lipinski definition) is 2. The Labute approximate surface area is 130 Å². The summed E-state index contributed by atoms with van der Waals surface area (Å²) >= 11 is 5.71. The monoisotopic (exact) mass is 422 g/mol. The summed E-state index contributed by atoms with van der Waals surface area (Å²) in [6, 6.07) is 5.89. The van der Waals surface area contributed by atoms with Gasteiger partial charge in [0.1, 0.15) is 0 Å². The van der Waals surface area contributed by atoms with E-state index in [0.717, 1.165) is 46.2 Å². The van der Waals surface area contributed by atoms with Gasteiger partial charge >= 0.3 is 0 Å². The van der Waals surface area contributed by atoms with E-state index in [4.69, 9.17) is 0 Å². The lowest BCUT2D eigenvalue weighted by atomic mass is 10.2. The van der Waals surface area contributed by atoms with Gasteiger partial charge in [-0.15, -0.1) is 0 Å². The van der Waals surface area contributed by atoms with Crippen LogP contribution < -0.4 is 0 Å². The lowest BCUT2D eigenvalue weighted by Gasteiger charge is -2.21. The SMILES string of the molecule is CN1CCCN(C(=O)c2cc(I)ccc2Br)CC1. The summed E-state index contributed by atoms with van der Waals surface area (Å²) in [6.45, 7) is 3.68. The molecule has 0 unspecified atom stereocenters. The number of amides is 1. The summed E-state index contributed by atoms with van der Waals surface area (Å²) in [6.07, 6.45) is 1.05. The fourth-order valence-corrected chi connectivity index (χ4v) is 2.99. The van der Waals surface area contributed by atoms with Crippen LogP contribution in [0, 0.1) is 3.57 Å². The molecule has 1 amide bonds. The molecule has 0 aromatic heterocycles. The zero-order valence-electron chi connectivity index (χ0n) is 10.3. The van der Waals surface area contributed by atoms with Gasteiger partial charge in [0.2, 0.25) is 0 Å². The first-order chi connectivity index (χ1) is 8.58. The third kappa shape index (κ3) is 3.45. The molecule has 1 aliphatic heterocycles. The Morgan fingerprint density at radius 3 is 2.83 bits per heavy atom. The van der Waals surface area contributed by atoms with Gasteiger partial charge in [-0.25, -0.2) is 0 Å². The molecule has 1 aliphatic rings. The highest BCUT2D eigenvalue weighted by atomic mass is 127. The standard InChI is InChI=1S/C13H16BrIN2O/c1-16-5-2-6-17(8-7-16)13(18)11-9-10(15)3-4-12(11)14/h3-4,9H,2,5-8H2,1H3. The first-order valence-electron chi connectivity index (χ1n) is 6.01. The summed E-state index contributed by atoms with van der Waals surface area (Å²) < 4.78 is 1.97. The van der Waals surface area contributed by atoms with Crippen molar-refractivity contribution in [3.8, 4) is 0 Å². The number of carbonyl (C=O) groups is 1. The molecule has 0 spiro atoms. The van der Waals surface area contributed by atoms with Crippen LogP contribution >= 0.6 is 38.5 Å². The Balaban J connectivity index is 2.17. The summed E-state index contributed by atoms with van der Waals surface area (Å²) in [7, 11) is 2.11. The highest BCUT2D eigenvalue weighted by Gasteiger charge is 2.20. The molecule has 98 valence electrons. The zero-order chi connectivity index (χ0) is 13.1. The first kappa shape index (κ1) is 14.3. The van der Waals surface area contributed by atoms with E-state index in [2.05, 4.69) is 50.5 Å². The molecule has 1 aromatic rings. The molecule has 5 heteroatoms. The van der Waals surface area contributed by atoms with Gasteiger partial charge < -0.3 is 9.80 Å². The van der Waals surface area contributed by atoms with E-state index in [1.165, 1.54) is 0 Å². The number of hydrogen-bond donors (Lipinski definition) is 0. The van der Waals surface area contributed by atoms with E-state index in [0.29, 0.717) is 0 Å². The number of benzene rings is 1. The minimum absolute atomic E-state index is 0.135. The molecule has 0 saturated carbocycles. The summed E-state index contributed by atoms with van der Waals surface area (Å²) in [5.74, 6) is 0.135. The molecule has 3 nitrogen and oxygen atoms in total. The van der Waals surface area contributed by atoms with Crippen LogP contribution in [0.3, 0.4) is 0 Å². The smallest absolute Gasteiger partial charge is 0.255 e. The van der Waals surface area contributed by atoms with E-state index in [1.807, 2.05) is 23.1 Å². The zero-order valence-corrected chi connectivity index (χ0v) is 14.1. The summed E-state index contributed by atoms with van der Waals surface area (Å²) in [5, 5.41) is 0. The van der Waals surface area contributed by atoms with Crippen molar-refractivity contribution >= 4 is 44.4 Å².